The fourth-order valence-corrected chi connectivity index (χ4v) is 2.48. The normalized spacial score (nSPS) is 12.1. The largest absolute Gasteiger partial charge is 0.349 e. The molecule has 0 N–H and O–H groups in total. The van der Waals surface area contributed by atoms with Crippen molar-refractivity contribution in [2.45, 2.75) is 59.4 Å². The number of pyridine rings is 1. The van der Waals surface area contributed by atoms with E-state index < -0.39 is 0 Å². The summed E-state index contributed by atoms with van der Waals surface area (Å²) in [5, 5.41) is 0.625. The van der Waals surface area contributed by atoms with Gasteiger partial charge in [-0.3, -0.25) is 4.57 Å². The third-order valence-corrected chi connectivity index (χ3v) is 3.52. The molecule has 5 heteroatoms. The van der Waals surface area contributed by atoms with Gasteiger partial charge in [-0.05, 0) is 31.7 Å². The molecular formula is C16H22FN3O. The predicted octanol–water partition coefficient (Wildman–Crippen LogP) is 3.76. The van der Waals surface area contributed by atoms with Crippen LogP contribution in [0.2, 0.25) is 0 Å². The first kappa shape index (κ1) is 15.6. The topological polar surface area (TPSA) is 47.8 Å². The Morgan fingerprint density at radius 3 is 2.05 bits per heavy atom. The van der Waals surface area contributed by atoms with Crippen LogP contribution in [-0.2, 0) is 0 Å². The second-order valence-corrected chi connectivity index (χ2v) is 6.28. The zero-order valence-electron chi connectivity index (χ0n) is 13.4. The van der Waals surface area contributed by atoms with Gasteiger partial charge in [-0.1, -0.05) is 27.7 Å². The van der Waals surface area contributed by atoms with Crippen LogP contribution in [0.5, 0.6) is 0 Å². The Morgan fingerprint density at radius 2 is 1.57 bits per heavy atom. The Bertz CT molecular complexity index is 732. The van der Waals surface area contributed by atoms with Gasteiger partial charge in [-0.15, -0.1) is 0 Å². The summed E-state index contributed by atoms with van der Waals surface area (Å²) >= 11 is 0. The Labute approximate surface area is 124 Å². The lowest BCUT2D eigenvalue weighted by Gasteiger charge is -2.18. The number of aromatic nitrogens is 3. The molecule has 0 saturated carbocycles. The fourth-order valence-electron chi connectivity index (χ4n) is 2.48. The van der Waals surface area contributed by atoms with E-state index in [1.165, 1.54) is 10.6 Å². The van der Waals surface area contributed by atoms with E-state index in [1.807, 2.05) is 41.5 Å². The van der Waals surface area contributed by atoms with Crippen molar-refractivity contribution in [1.29, 1.82) is 0 Å². The van der Waals surface area contributed by atoms with Gasteiger partial charge >= 0.3 is 5.69 Å². The van der Waals surface area contributed by atoms with E-state index in [0.29, 0.717) is 22.4 Å². The van der Waals surface area contributed by atoms with Crippen LogP contribution in [0.4, 0.5) is 4.39 Å². The highest BCUT2D eigenvalue weighted by atomic mass is 19.1. The summed E-state index contributed by atoms with van der Waals surface area (Å²) in [5.74, 6) is -0.343. The third kappa shape index (κ3) is 2.69. The second kappa shape index (κ2) is 5.54. The zero-order chi connectivity index (χ0) is 15.9. The molecule has 0 unspecified atom stereocenters. The van der Waals surface area contributed by atoms with Crippen molar-refractivity contribution in [3.8, 4) is 0 Å². The molecule has 0 aliphatic carbocycles. The van der Waals surface area contributed by atoms with Crippen molar-refractivity contribution >= 4 is 11.0 Å². The van der Waals surface area contributed by atoms with Crippen molar-refractivity contribution in [2.75, 3.05) is 0 Å². The van der Waals surface area contributed by atoms with Gasteiger partial charge in [-0.25, -0.2) is 14.2 Å². The molecule has 2 rings (SSSR count). The Morgan fingerprint density at radius 1 is 1.00 bits per heavy atom. The van der Waals surface area contributed by atoms with Crippen LogP contribution >= 0.6 is 0 Å². The molecule has 2 aromatic heterocycles. The number of halogens is 1. The van der Waals surface area contributed by atoms with E-state index >= 15 is 0 Å². The summed E-state index contributed by atoms with van der Waals surface area (Å²) in [5.41, 5.74) is 1.19. The Balaban J connectivity index is 2.98. The minimum atomic E-state index is -0.338. The molecule has 21 heavy (non-hydrogen) atoms. The third-order valence-electron chi connectivity index (χ3n) is 3.52. The van der Waals surface area contributed by atoms with Crippen LogP contribution in [0.15, 0.2) is 10.9 Å². The van der Waals surface area contributed by atoms with E-state index in [9.17, 15) is 9.18 Å². The highest BCUT2D eigenvalue weighted by Crippen LogP contribution is 2.26. The molecular weight excluding hydrogens is 269 g/mol. The molecule has 0 atom stereocenters. The summed E-state index contributed by atoms with van der Waals surface area (Å²) in [6, 6.07) is 1.39. The number of hydrogen-bond donors (Lipinski definition) is 0. The monoisotopic (exact) mass is 291 g/mol. The lowest BCUT2D eigenvalue weighted by Crippen LogP contribution is -2.28. The van der Waals surface area contributed by atoms with E-state index in [4.69, 9.17) is 0 Å². The van der Waals surface area contributed by atoms with Crippen LogP contribution in [0.1, 0.15) is 70.8 Å². The van der Waals surface area contributed by atoms with Crippen molar-refractivity contribution < 1.29 is 4.39 Å². The molecule has 0 amide bonds. The summed E-state index contributed by atoms with van der Waals surface area (Å²) < 4.78 is 15.8. The van der Waals surface area contributed by atoms with Gasteiger partial charge in [0.2, 0.25) is 0 Å². The molecule has 0 radical (unpaired) electrons. The van der Waals surface area contributed by atoms with Crippen molar-refractivity contribution in [3.05, 3.63) is 33.8 Å². The highest BCUT2D eigenvalue weighted by molar-refractivity contribution is 5.78. The maximum atomic E-state index is 14.3. The molecule has 0 aliphatic heterocycles. The number of nitrogens with zero attached hydrogens (tertiary/aromatic N) is 3. The van der Waals surface area contributed by atoms with Gasteiger partial charge in [0, 0.05) is 11.4 Å². The van der Waals surface area contributed by atoms with Crippen LogP contribution < -0.4 is 5.69 Å². The number of fused-ring (bicyclic) bond motifs is 1. The predicted molar refractivity (Wildman–Crippen MR) is 82.3 cm³/mol. The molecule has 0 spiro atoms. The van der Waals surface area contributed by atoms with Crippen LogP contribution in [-0.4, -0.2) is 14.5 Å². The van der Waals surface area contributed by atoms with Gasteiger partial charge in [0.05, 0.1) is 11.4 Å². The van der Waals surface area contributed by atoms with E-state index in [0.717, 1.165) is 0 Å². The van der Waals surface area contributed by atoms with Gasteiger partial charge < -0.3 is 0 Å². The molecule has 2 heterocycles. The lowest BCUT2D eigenvalue weighted by molar-refractivity contribution is 0.560. The Kier molecular flexibility index (Phi) is 4.12. The molecule has 114 valence electrons. The molecule has 2 aromatic rings. The molecule has 4 nitrogen and oxygen atoms in total. The smallest absolute Gasteiger partial charge is 0.273 e. The minimum absolute atomic E-state index is 0.0353. The summed E-state index contributed by atoms with van der Waals surface area (Å²) in [4.78, 5) is 20.9. The van der Waals surface area contributed by atoms with Crippen LogP contribution in [0.3, 0.4) is 0 Å². The summed E-state index contributed by atoms with van der Waals surface area (Å²) in [7, 11) is 0. The second-order valence-electron chi connectivity index (χ2n) is 6.28. The maximum absolute atomic E-state index is 14.3. The van der Waals surface area contributed by atoms with E-state index in [2.05, 4.69) is 9.97 Å². The lowest BCUT2D eigenvalue weighted by atomic mass is 10.0. The maximum Gasteiger partial charge on any atom is 0.349 e. The van der Waals surface area contributed by atoms with E-state index in [-0.39, 0.29) is 29.4 Å². The first-order valence-corrected chi connectivity index (χ1v) is 7.36. The summed E-state index contributed by atoms with van der Waals surface area (Å²) in [6.45, 7) is 11.5. The Hall–Kier alpha value is -1.78. The quantitative estimate of drug-likeness (QED) is 0.865. The average molecular weight is 291 g/mol. The molecule has 0 aromatic carbocycles. The first-order valence-electron chi connectivity index (χ1n) is 7.36. The van der Waals surface area contributed by atoms with Crippen molar-refractivity contribution in [1.82, 2.24) is 14.5 Å². The van der Waals surface area contributed by atoms with Crippen molar-refractivity contribution in [2.24, 2.45) is 0 Å². The van der Waals surface area contributed by atoms with Crippen molar-refractivity contribution in [3.63, 3.8) is 0 Å². The van der Waals surface area contributed by atoms with Gasteiger partial charge in [0.15, 0.2) is 0 Å². The van der Waals surface area contributed by atoms with Gasteiger partial charge in [0.25, 0.3) is 0 Å². The van der Waals surface area contributed by atoms with Crippen LogP contribution in [0.25, 0.3) is 11.0 Å². The van der Waals surface area contributed by atoms with E-state index in [1.54, 1.807) is 0 Å². The standard InChI is InChI=1S/C16H22FN3O/c1-8(2)13-11-7-12(17)14(9(3)4)18-15(11)20(10(5)6)16(21)19-13/h7-10H,1-6H3. The SMILES string of the molecule is CC(C)c1nc2c(cc1F)c(C(C)C)nc(=O)n2C(C)C. The molecule has 0 aliphatic rings. The first-order chi connectivity index (χ1) is 9.73. The molecule has 0 fully saturated rings. The van der Waals surface area contributed by atoms with Gasteiger partial charge in [-0.2, -0.15) is 4.98 Å². The fraction of sp³-hybridized carbons (Fsp3) is 0.562. The molecule has 0 bridgehead atoms. The minimum Gasteiger partial charge on any atom is -0.273 e. The zero-order valence-corrected chi connectivity index (χ0v) is 13.4. The number of hydrogen-bond acceptors (Lipinski definition) is 3. The highest BCUT2D eigenvalue weighted by Gasteiger charge is 2.19. The van der Waals surface area contributed by atoms with Crippen LogP contribution in [0, 0.1) is 5.82 Å². The summed E-state index contributed by atoms with van der Waals surface area (Å²) in [6.07, 6.45) is 0. The molecule has 0 saturated heterocycles. The number of rotatable bonds is 3. The van der Waals surface area contributed by atoms with Gasteiger partial charge in [0.1, 0.15) is 11.5 Å². The average Bonchev–Trinajstić information content (AvgIpc) is 2.36.